The molecule has 0 saturated carbocycles. The molecule has 0 aliphatic carbocycles. The molecule has 2 aromatic rings. The van der Waals surface area contributed by atoms with Crippen LogP contribution in [-0.4, -0.2) is 40.5 Å². The van der Waals surface area contributed by atoms with Crippen molar-refractivity contribution in [2.24, 2.45) is 10.2 Å². The number of anilines is 1. The van der Waals surface area contributed by atoms with Gasteiger partial charge in [0.2, 0.25) is 11.8 Å². The summed E-state index contributed by atoms with van der Waals surface area (Å²) >= 11 is 1.07. The molecule has 1 aliphatic heterocycles. The number of benzene rings is 2. The van der Waals surface area contributed by atoms with Crippen molar-refractivity contribution in [3.63, 3.8) is 0 Å². The standard InChI is InChI=1S/C19H17N5O5S/c1-29-13-7-8-14(15(9-13)24(27)28)21-17(25)10-16-18(26)22-19(30-16)23-20-11-12-5-3-2-4-6-12/h2-9,11,16H,10H2,1H3,(H,21,25)(H,22,23,26). The van der Waals surface area contributed by atoms with Crippen LogP contribution in [0.5, 0.6) is 5.75 Å². The highest BCUT2D eigenvalue weighted by molar-refractivity contribution is 8.15. The molecular weight excluding hydrogens is 410 g/mol. The van der Waals surface area contributed by atoms with Gasteiger partial charge in [-0.25, -0.2) is 0 Å². The first-order valence-corrected chi connectivity index (χ1v) is 9.60. The van der Waals surface area contributed by atoms with E-state index in [0.29, 0.717) is 5.75 Å². The molecule has 1 atom stereocenters. The molecule has 11 heteroatoms. The summed E-state index contributed by atoms with van der Waals surface area (Å²) in [7, 11) is 1.39. The second-order valence-corrected chi connectivity index (χ2v) is 7.24. The van der Waals surface area contributed by atoms with Crippen LogP contribution >= 0.6 is 11.8 Å². The molecule has 1 aliphatic rings. The fourth-order valence-corrected chi connectivity index (χ4v) is 3.46. The number of carbonyl (C=O) groups excluding carboxylic acids is 2. The number of hydrogen-bond donors (Lipinski definition) is 2. The highest BCUT2D eigenvalue weighted by Gasteiger charge is 2.32. The maximum absolute atomic E-state index is 12.3. The van der Waals surface area contributed by atoms with Crippen molar-refractivity contribution in [1.29, 1.82) is 0 Å². The topological polar surface area (TPSA) is 135 Å². The third-order valence-electron chi connectivity index (χ3n) is 3.98. The van der Waals surface area contributed by atoms with Crippen LogP contribution in [0.25, 0.3) is 0 Å². The molecule has 2 N–H and O–H groups in total. The summed E-state index contributed by atoms with van der Waals surface area (Å²) < 4.78 is 4.96. The molecular formula is C19H17N5O5S. The first-order chi connectivity index (χ1) is 14.5. The minimum absolute atomic E-state index is 0.0237. The summed E-state index contributed by atoms with van der Waals surface area (Å²) in [5.74, 6) is -0.625. The van der Waals surface area contributed by atoms with E-state index >= 15 is 0 Å². The van der Waals surface area contributed by atoms with Gasteiger partial charge in [0.1, 0.15) is 16.7 Å². The summed E-state index contributed by atoms with van der Waals surface area (Å²) in [6, 6.07) is 13.4. The summed E-state index contributed by atoms with van der Waals surface area (Å²) in [4.78, 5) is 35.0. The van der Waals surface area contributed by atoms with Crippen LogP contribution in [0.15, 0.2) is 58.7 Å². The molecule has 0 spiro atoms. The second kappa shape index (κ2) is 9.65. The van der Waals surface area contributed by atoms with Gasteiger partial charge in [0.05, 0.1) is 24.3 Å². The Morgan fingerprint density at radius 1 is 1.33 bits per heavy atom. The average Bonchev–Trinajstić information content (AvgIpc) is 3.07. The lowest BCUT2D eigenvalue weighted by Crippen LogP contribution is -2.28. The van der Waals surface area contributed by atoms with Gasteiger partial charge in [-0.1, -0.05) is 42.1 Å². The number of nitrogens with zero attached hydrogens (tertiary/aromatic N) is 3. The number of carbonyl (C=O) groups is 2. The van der Waals surface area contributed by atoms with Crippen LogP contribution in [-0.2, 0) is 9.59 Å². The Morgan fingerprint density at radius 2 is 2.10 bits per heavy atom. The smallest absolute Gasteiger partial charge is 0.296 e. The zero-order chi connectivity index (χ0) is 21.5. The minimum atomic E-state index is -0.715. The quantitative estimate of drug-likeness (QED) is 0.396. The molecule has 3 rings (SSSR count). The maximum Gasteiger partial charge on any atom is 0.296 e. The molecule has 1 heterocycles. The molecule has 1 unspecified atom stereocenters. The minimum Gasteiger partial charge on any atom is -0.496 e. The first-order valence-electron chi connectivity index (χ1n) is 8.72. The van der Waals surface area contributed by atoms with E-state index in [1.165, 1.54) is 25.3 Å². The summed E-state index contributed by atoms with van der Waals surface area (Å²) in [6.07, 6.45) is 1.36. The highest BCUT2D eigenvalue weighted by atomic mass is 32.2. The Morgan fingerprint density at radius 3 is 2.80 bits per heavy atom. The van der Waals surface area contributed by atoms with Crippen LogP contribution in [0.1, 0.15) is 12.0 Å². The van der Waals surface area contributed by atoms with Crippen LogP contribution in [0, 0.1) is 10.1 Å². The van der Waals surface area contributed by atoms with E-state index in [1.807, 2.05) is 30.3 Å². The molecule has 154 valence electrons. The monoisotopic (exact) mass is 427 g/mol. The molecule has 0 aromatic heterocycles. The lowest BCUT2D eigenvalue weighted by molar-refractivity contribution is -0.384. The van der Waals surface area contributed by atoms with E-state index in [0.717, 1.165) is 17.3 Å². The Labute approximate surface area is 175 Å². The number of nitro benzene ring substituents is 1. The molecule has 2 aromatic carbocycles. The highest BCUT2D eigenvalue weighted by Crippen LogP contribution is 2.30. The van der Waals surface area contributed by atoms with E-state index < -0.39 is 16.1 Å². The van der Waals surface area contributed by atoms with Crippen LogP contribution in [0.3, 0.4) is 0 Å². The number of thioether (sulfide) groups is 1. The Kier molecular flexibility index (Phi) is 6.75. The van der Waals surface area contributed by atoms with Gasteiger partial charge in [0.25, 0.3) is 5.69 Å². The number of methoxy groups -OCH3 is 1. The zero-order valence-corrected chi connectivity index (χ0v) is 16.6. The van der Waals surface area contributed by atoms with Crippen molar-refractivity contribution in [1.82, 2.24) is 5.32 Å². The molecule has 1 fully saturated rings. The lowest BCUT2D eigenvalue weighted by atomic mass is 10.2. The van der Waals surface area contributed by atoms with Crippen molar-refractivity contribution in [3.8, 4) is 5.75 Å². The van der Waals surface area contributed by atoms with Crippen molar-refractivity contribution >= 4 is 46.3 Å². The number of nitro groups is 1. The molecule has 0 bridgehead atoms. The van der Waals surface area contributed by atoms with E-state index in [2.05, 4.69) is 20.8 Å². The van der Waals surface area contributed by atoms with Gasteiger partial charge in [-0.3, -0.25) is 19.7 Å². The number of hydrogen-bond acceptors (Lipinski definition) is 8. The Hall–Kier alpha value is -3.73. The predicted molar refractivity (Wildman–Crippen MR) is 114 cm³/mol. The Bertz CT molecular complexity index is 1030. The number of ether oxygens (including phenoxy) is 1. The van der Waals surface area contributed by atoms with E-state index in [9.17, 15) is 19.7 Å². The molecule has 30 heavy (non-hydrogen) atoms. The molecule has 0 radical (unpaired) electrons. The van der Waals surface area contributed by atoms with Crippen molar-refractivity contribution in [2.45, 2.75) is 11.7 Å². The number of rotatable bonds is 7. The Balaban J connectivity index is 1.61. The van der Waals surface area contributed by atoms with Gasteiger partial charge in [-0.2, -0.15) is 5.10 Å². The van der Waals surface area contributed by atoms with E-state index in [4.69, 9.17) is 4.74 Å². The SMILES string of the molecule is COc1ccc(NC(=O)CC2S/C(=N/N=Cc3ccccc3)NC2=O)c([N+](=O)[O-])c1. The number of amides is 2. The van der Waals surface area contributed by atoms with Crippen molar-refractivity contribution < 1.29 is 19.2 Å². The fraction of sp³-hybridized carbons (Fsp3) is 0.158. The van der Waals surface area contributed by atoms with E-state index in [1.54, 1.807) is 6.21 Å². The average molecular weight is 427 g/mol. The number of nitrogens with one attached hydrogen (secondary N) is 2. The van der Waals surface area contributed by atoms with E-state index in [-0.39, 0.29) is 28.9 Å². The number of amidine groups is 1. The van der Waals surface area contributed by atoms with Crippen molar-refractivity contribution in [3.05, 3.63) is 64.2 Å². The molecule has 1 saturated heterocycles. The largest absolute Gasteiger partial charge is 0.496 e. The maximum atomic E-state index is 12.3. The normalized spacial score (nSPS) is 17.2. The van der Waals surface area contributed by atoms with Gasteiger partial charge in [0.15, 0.2) is 5.17 Å². The predicted octanol–water partition coefficient (Wildman–Crippen LogP) is 2.55. The third-order valence-corrected chi connectivity index (χ3v) is 5.05. The molecule has 10 nitrogen and oxygen atoms in total. The summed E-state index contributed by atoms with van der Waals surface area (Å²) in [5.41, 5.74) is 0.576. The fourth-order valence-electron chi connectivity index (χ4n) is 2.54. The van der Waals surface area contributed by atoms with Crippen LogP contribution in [0.2, 0.25) is 0 Å². The summed E-state index contributed by atoms with van der Waals surface area (Å²) in [6.45, 7) is 0. The zero-order valence-electron chi connectivity index (χ0n) is 15.8. The van der Waals surface area contributed by atoms with Gasteiger partial charge in [0, 0.05) is 6.42 Å². The second-order valence-electron chi connectivity index (χ2n) is 6.05. The van der Waals surface area contributed by atoms with Crippen LogP contribution in [0.4, 0.5) is 11.4 Å². The molecule has 2 amide bonds. The summed E-state index contributed by atoms with van der Waals surface area (Å²) in [5, 5.41) is 23.7. The first kappa shape index (κ1) is 21.0. The van der Waals surface area contributed by atoms with Gasteiger partial charge < -0.3 is 15.4 Å². The third kappa shape index (κ3) is 5.41. The van der Waals surface area contributed by atoms with Gasteiger partial charge in [-0.05, 0) is 17.7 Å². The lowest BCUT2D eigenvalue weighted by Gasteiger charge is -2.09. The van der Waals surface area contributed by atoms with Crippen molar-refractivity contribution in [2.75, 3.05) is 12.4 Å². The van der Waals surface area contributed by atoms with Crippen LogP contribution < -0.4 is 15.4 Å². The van der Waals surface area contributed by atoms with Gasteiger partial charge in [-0.15, -0.1) is 5.10 Å². The van der Waals surface area contributed by atoms with Gasteiger partial charge >= 0.3 is 0 Å².